The number of carbonyl (C=O) groups excluding carboxylic acids is 1. The average molecular weight is 277 g/mol. The summed E-state index contributed by atoms with van der Waals surface area (Å²) in [6.07, 6.45) is -0.0588. The van der Waals surface area contributed by atoms with Crippen molar-refractivity contribution < 1.29 is 14.3 Å². The summed E-state index contributed by atoms with van der Waals surface area (Å²) in [5.41, 5.74) is 1.72. The van der Waals surface area contributed by atoms with E-state index in [1.54, 1.807) is 6.07 Å². The summed E-state index contributed by atoms with van der Waals surface area (Å²) in [5, 5.41) is 14.9. The number of anilines is 1. The fourth-order valence-electron chi connectivity index (χ4n) is 2.30. The van der Waals surface area contributed by atoms with Gasteiger partial charge in [-0.3, -0.25) is 4.79 Å². The van der Waals surface area contributed by atoms with Gasteiger partial charge in [-0.2, -0.15) is 0 Å². The van der Waals surface area contributed by atoms with Crippen LogP contribution in [0, 0.1) is 5.82 Å². The number of carbonyl (C=O) groups is 1. The summed E-state index contributed by atoms with van der Waals surface area (Å²) >= 11 is 1.40. The van der Waals surface area contributed by atoms with Gasteiger partial charge in [0.05, 0.1) is 5.69 Å². The lowest BCUT2D eigenvalue weighted by molar-refractivity contribution is -0.116. The number of halogens is 1. The van der Waals surface area contributed by atoms with Crippen molar-refractivity contribution in [3.05, 3.63) is 51.5 Å². The Kier molecular flexibility index (Phi) is 3.08. The molecule has 3 nitrogen and oxygen atoms in total. The predicted octanol–water partition coefficient (Wildman–Crippen LogP) is 2.85. The monoisotopic (exact) mass is 277 g/mol. The first kappa shape index (κ1) is 12.3. The molecule has 1 unspecified atom stereocenters. The highest BCUT2D eigenvalue weighted by atomic mass is 32.1. The first-order valence-electron chi connectivity index (χ1n) is 5.99. The van der Waals surface area contributed by atoms with Crippen molar-refractivity contribution >= 4 is 22.9 Å². The van der Waals surface area contributed by atoms with Gasteiger partial charge >= 0.3 is 0 Å². The van der Waals surface area contributed by atoms with Crippen molar-refractivity contribution in [3.8, 4) is 0 Å². The van der Waals surface area contributed by atoms with Gasteiger partial charge in [0.15, 0.2) is 0 Å². The molecule has 1 atom stereocenters. The second-order valence-corrected chi connectivity index (χ2v) is 5.47. The van der Waals surface area contributed by atoms with E-state index in [1.807, 2.05) is 11.4 Å². The van der Waals surface area contributed by atoms with Crippen molar-refractivity contribution in [2.24, 2.45) is 0 Å². The van der Waals surface area contributed by atoms with Crippen molar-refractivity contribution in [2.75, 3.05) is 5.32 Å². The number of aryl methyl sites for hydroxylation is 1. The van der Waals surface area contributed by atoms with E-state index in [9.17, 15) is 14.3 Å². The number of rotatable bonds is 2. The summed E-state index contributed by atoms with van der Waals surface area (Å²) in [5.74, 6) is -0.487. The van der Waals surface area contributed by atoms with E-state index in [0.29, 0.717) is 24.1 Å². The van der Waals surface area contributed by atoms with Gasteiger partial charge in [0.25, 0.3) is 0 Å². The Hall–Kier alpha value is -1.72. The lowest BCUT2D eigenvalue weighted by Gasteiger charge is -2.22. The molecule has 3 rings (SSSR count). The molecular formula is C14H12FNO2S. The van der Waals surface area contributed by atoms with E-state index in [-0.39, 0.29) is 11.7 Å². The number of benzene rings is 1. The number of hydrogen-bond acceptors (Lipinski definition) is 3. The Labute approximate surface area is 113 Å². The van der Waals surface area contributed by atoms with E-state index >= 15 is 0 Å². The Bertz CT molecular complexity index is 625. The van der Waals surface area contributed by atoms with Gasteiger partial charge in [-0.05, 0) is 35.6 Å². The van der Waals surface area contributed by atoms with Gasteiger partial charge in [-0.15, -0.1) is 11.3 Å². The molecule has 2 aromatic rings. The van der Waals surface area contributed by atoms with Crippen LogP contribution < -0.4 is 5.32 Å². The lowest BCUT2D eigenvalue weighted by atomic mass is 9.95. The van der Waals surface area contributed by atoms with Crippen molar-refractivity contribution in [2.45, 2.75) is 18.9 Å². The molecule has 0 saturated heterocycles. The first-order valence-corrected chi connectivity index (χ1v) is 6.87. The fraction of sp³-hybridized carbons (Fsp3) is 0.214. The summed E-state index contributed by atoms with van der Waals surface area (Å²) in [4.78, 5) is 12.2. The normalized spacial score (nSPS) is 15.8. The highest BCUT2D eigenvalue weighted by Crippen LogP contribution is 2.36. The Morgan fingerprint density at radius 2 is 2.21 bits per heavy atom. The molecule has 0 spiro atoms. The Morgan fingerprint density at radius 1 is 1.37 bits per heavy atom. The second kappa shape index (κ2) is 4.75. The molecule has 0 fully saturated rings. The number of aliphatic hydroxyl groups is 1. The smallest absolute Gasteiger partial charge is 0.224 e. The molecule has 2 heterocycles. The zero-order chi connectivity index (χ0) is 13.4. The maximum Gasteiger partial charge on any atom is 0.224 e. The SMILES string of the molecule is O=C1CCc2cc(F)cc(C(O)c3cccs3)c2N1. The quantitative estimate of drug-likeness (QED) is 0.886. The molecule has 0 radical (unpaired) electrons. The van der Waals surface area contributed by atoms with Crippen LogP contribution in [0.3, 0.4) is 0 Å². The molecule has 0 saturated carbocycles. The van der Waals surface area contributed by atoms with Gasteiger partial charge in [0.1, 0.15) is 11.9 Å². The highest BCUT2D eigenvalue weighted by molar-refractivity contribution is 7.10. The van der Waals surface area contributed by atoms with Crippen LogP contribution in [0.15, 0.2) is 29.6 Å². The van der Waals surface area contributed by atoms with E-state index in [2.05, 4.69) is 5.32 Å². The molecule has 1 aliphatic rings. The molecule has 98 valence electrons. The molecule has 1 amide bonds. The van der Waals surface area contributed by atoms with Crippen LogP contribution in [0.4, 0.5) is 10.1 Å². The van der Waals surface area contributed by atoms with Crippen LogP contribution in [0.2, 0.25) is 0 Å². The third-order valence-electron chi connectivity index (χ3n) is 3.21. The van der Waals surface area contributed by atoms with Crippen LogP contribution >= 0.6 is 11.3 Å². The summed E-state index contributed by atoms with van der Waals surface area (Å²) in [6.45, 7) is 0. The maximum absolute atomic E-state index is 13.6. The third-order valence-corrected chi connectivity index (χ3v) is 4.13. The summed E-state index contributed by atoms with van der Waals surface area (Å²) < 4.78 is 13.6. The van der Waals surface area contributed by atoms with E-state index in [1.165, 1.54) is 23.5 Å². The predicted molar refractivity (Wildman–Crippen MR) is 71.7 cm³/mol. The van der Waals surface area contributed by atoms with E-state index in [0.717, 1.165) is 10.4 Å². The Morgan fingerprint density at radius 3 is 2.95 bits per heavy atom. The fourth-order valence-corrected chi connectivity index (χ4v) is 3.03. The van der Waals surface area contributed by atoms with Crippen molar-refractivity contribution in [1.29, 1.82) is 0 Å². The molecule has 1 aromatic heterocycles. The van der Waals surface area contributed by atoms with Crippen LogP contribution in [0.25, 0.3) is 0 Å². The average Bonchev–Trinajstić information content (AvgIpc) is 2.91. The number of aliphatic hydroxyl groups excluding tert-OH is 1. The molecule has 0 aliphatic carbocycles. The van der Waals surface area contributed by atoms with E-state index < -0.39 is 6.10 Å². The van der Waals surface area contributed by atoms with E-state index in [4.69, 9.17) is 0 Å². The largest absolute Gasteiger partial charge is 0.383 e. The van der Waals surface area contributed by atoms with Gasteiger partial charge in [-0.25, -0.2) is 4.39 Å². The molecule has 2 N–H and O–H groups in total. The van der Waals surface area contributed by atoms with Gasteiger partial charge in [-0.1, -0.05) is 6.07 Å². The van der Waals surface area contributed by atoms with Crippen LogP contribution in [0.5, 0.6) is 0 Å². The first-order chi connectivity index (χ1) is 9.15. The summed E-state index contributed by atoms with van der Waals surface area (Å²) in [6, 6.07) is 6.32. The lowest BCUT2D eigenvalue weighted by Crippen LogP contribution is -2.21. The molecule has 1 aliphatic heterocycles. The molecule has 0 bridgehead atoms. The Balaban J connectivity index is 2.10. The minimum absolute atomic E-state index is 0.0984. The minimum atomic E-state index is -0.914. The minimum Gasteiger partial charge on any atom is -0.383 e. The third kappa shape index (κ3) is 2.27. The van der Waals surface area contributed by atoms with Crippen LogP contribution in [-0.4, -0.2) is 11.0 Å². The zero-order valence-corrected chi connectivity index (χ0v) is 10.8. The van der Waals surface area contributed by atoms with Crippen LogP contribution in [-0.2, 0) is 11.2 Å². The van der Waals surface area contributed by atoms with Crippen molar-refractivity contribution in [3.63, 3.8) is 0 Å². The molecule has 5 heteroatoms. The zero-order valence-electron chi connectivity index (χ0n) is 10.0. The number of amides is 1. The number of thiophene rings is 1. The maximum atomic E-state index is 13.6. The number of fused-ring (bicyclic) bond motifs is 1. The molecule has 1 aromatic carbocycles. The standard InChI is InChI=1S/C14H12FNO2S/c15-9-6-8-3-4-12(17)16-13(8)10(7-9)14(18)11-2-1-5-19-11/h1-2,5-7,14,18H,3-4H2,(H,16,17). The second-order valence-electron chi connectivity index (χ2n) is 4.50. The highest BCUT2D eigenvalue weighted by Gasteiger charge is 2.24. The number of hydrogen-bond donors (Lipinski definition) is 2. The summed E-state index contributed by atoms with van der Waals surface area (Å²) in [7, 11) is 0. The molecule has 19 heavy (non-hydrogen) atoms. The number of nitrogens with one attached hydrogen (secondary N) is 1. The van der Waals surface area contributed by atoms with Gasteiger partial charge < -0.3 is 10.4 Å². The topological polar surface area (TPSA) is 49.3 Å². The van der Waals surface area contributed by atoms with Crippen molar-refractivity contribution in [1.82, 2.24) is 0 Å². The van der Waals surface area contributed by atoms with Gasteiger partial charge in [0.2, 0.25) is 5.91 Å². The van der Waals surface area contributed by atoms with Crippen LogP contribution in [0.1, 0.15) is 28.5 Å². The van der Waals surface area contributed by atoms with Gasteiger partial charge in [0, 0.05) is 16.9 Å². The molecular weight excluding hydrogens is 265 g/mol.